The molecule has 2 saturated heterocycles. The van der Waals surface area contributed by atoms with Crippen LogP contribution in [0.25, 0.3) is 0 Å². The van der Waals surface area contributed by atoms with Gasteiger partial charge in [0, 0.05) is 17.3 Å². The minimum atomic E-state index is -0.173. The molecular formula is C28H32O2. The molecule has 0 N–H and O–H groups in total. The number of allylic oxidation sites excluding steroid dienone is 1. The van der Waals surface area contributed by atoms with Gasteiger partial charge in [-0.3, -0.25) is 0 Å². The lowest BCUT2D eigenvalue weighted by molar-refractivity contribution is -0.0672. The van der Waals surface area contributed by atoms with Crippen LogP contribution in [0.2, 0.25) is 0 Å². The number of ether oxygens (including phenoxy) is 2. The van der Waals surface area contributed by atoms with Crippen LogP contribution in [0, 0.1) is 18.3 Å². The standard InChI is InChI=1S/C28H32O2/c1-18-13-15-20(16-14-18)25-28-23(17-29-25)27(2,3)30-26(28)22-12-8-7-11-21(22)24(28)19-9-5-4-6-10-19/h4-6,9-10,13-16,23-26H,7-8,11-12,17H2,1-3H3/t23-,24+,25+,26+,28-/m0/s1. The van der Waals surface area contributed by atoms with Crippen LogP contribution in [0.5, 0.6) is 0 Å². The number of hydrogen-bond donors (Lipinski definition) is 0. The lowest BCUT2D eigenvalue weighted by atomic mass is 9.58. The van der Waals surface area contributed by atoms with E-state index < -0.39 is 0 Å². The van der Waals surface area contributed by atoms with Crippen molar-refractivity contribution in [2.45, 2.75) is 70.2 Å². The summed E-state index contributed by atoms with van der Waals surface area (Å²) < 4.78 is 13.7. The molecule has 0 unspecified atom stereocenters. The average molecular weight is 401 g/mol. The van der Waals surface area contributed by atoms with Gasteiger partial charge in [-0.15, -0.1) is 0 Å². The lowest BCUT2D eigenvalue weighted by Gasteiger charge is -2.41. The first-order valence-corrected chi connectivity index (χ1v) is 11.7. The van der Waals surface area contributed by atoms with Crippen LogP contribution in [0.15, 0.2) is 65.7 Å². The zero-order valence-electron chi connectivity index (χ0n) is 18.4. The largest absolute Gasteiger partial charge is 0.372 e. The summed E-state index contributed by atoms with van der Waals surface area (Å²) in [6.45, 7) is 7.53. The van der Waals surface area contributed by atoms with Gasteiger partial charge in [0.15, 0.2) is 0 Å². The fraction of sp³-hybridized carbons (Fsp3) is 0.500. The van der Waals surface area contributed by atoms with Crippen molar-refractivity contribution < 1.29 is 9.47 Å². The summed E-state index contributed by atoms with van der Waals surface area (Å²) in [7, 11) is 0. The van der Waals surface area contributed by atoms with Crippen molar-refractivity contribution in [3.05, 3.63) is 82.4 Å². The molecule has 0 bridgehead atoms. The Hall–Kier alpha value is -1.90. The molecule has 1 spiro atoms. The summed E-state index contributed by atoms with van der Waals surface area (Å²) in [6.07, 6.45) is 5.24. The van der Waals surface area contributed by atoms with Gasteiger partial charge >= 0.3 is 0 Å². The van der Waals surface area contributed by atoms with E-state index in [4.69, 9.17) is 9.47 Å². The lowest BCUT2D eigenvalue weighted by Crippen LogP contribution is -2.42. The topological polar surface area (TPSA) is 18.5 Å². The van der Waals surface area contributed by atoms with E-state index in [1.54, 1.807) is 11.1 Å². The highest BCUT2D eigenvalue weighted by Crippen LogP contribution is 2.74. The van der Waals surface area contributed by atoms with E-state index in [0.29, 0.717) is 11.8 Å². The van der Waals surface area contributed by atoms with Gasteiger partial charge in [0.2, 0.25) is 0 Å². The fourth-order valence-corrected chi connectivity index (χ4v) is 7.30. The predicted octanol–water partition coefficient (Wildman–Crippen LogP) is 6.51. The summed E-state index contributed by atoms with van der Waals surface area (Å²) in [5.41, 5.74) is 7.11. The Kier molecular flexibility index (Phi) is 4.11. The maximum Gasteiger partial charge on any atom is 0.0923 e. The maximum absolute atomic E-state index is 6.99. The summed E-state index contributed by atoms with van der Waals surface area (Å²) in [4.78, 5) is 0. The molecule has 0 amide bonds. The Morgan fingerprint density at radius 3 is 2.23 bits per heavy atom. The molecule has 2 nitrogen and oxygen atoms in total. The van der Waals surface area contributed by atoms with Gasteiger partial charge in [-0.2, -0.15) is 0 Å². The van der Waals surface area contributed by atoms with Gasteiger partial charge in [-0.1, -0.05) is 65.7 Å². The van der Waals surface area contributed by atoms with E-state index in [9.17, 15) is 0 Å². The second-order valence-electron chi connectivity index (χ2n) is 10.4. The van der Waals surface area contributed by atoms with E-state index in [1.165, 1.54) is 42.4 Å². The van der Waals surface area contributed by atoms with Crippen LogP contribution in [0.1, 0.15) is 68.2 Å². The number of benzene rings is 2. The first kappa shape index (κ1) is 18.8. The maximum atomic E-state index is 6.99. The highest BCUT2D eigenvalue weighted by molar-refractivity contribution is 5.50. The molecule has 6 rings (SSSR count). The molecule has 2 aliphatic heterocycles. The number of hydrogen-bond acceptors (Lipinski definition) is 2. The Morgan fingerprint density at radius 1 is 0.800 bits per heavy atom. The zero-order chi connectivity index (χ0) is 20.5. The monoisotopic (exact) mass is 400 g/mol. The Morgan fingerprint density at radius 2 is 1.50 bits per heavy atom. The van der Waals surface area contributed by atoms with Gasteiger partial charge in [0.1, 0.15) is 0 Å². The van der Waals surface area contributed by atoms with E-state index in [0.717, 1.165) is 6.61 Å². The molecule has 2 aromatic carbocycles. The van der Waals surface area contributed by atoms with Crippen LogP contribution in [-0.4, -0.2) is 18.3 Å². The highest BCUT2D eigenvalue weighted by Gasteiger charge is 2.73. The third-order valence-corrected chi connectivity index (χ3v) is 8.43. The van der Waals surface area contributed by atoms with Gasteiger partial charge < -0.3 is 9.47 Å². The smallest absolute Gasteiger partial charge is 0.0923 e. The summed E-state index contributed by atoms with van der Waals surface area (Å²) in [6, 6.07) is 20.3. The predicted molar refractivity (Wildman–Crippen MR) is 119 cm³/mol. The van der Waals surface area contributed by atoms with Crippen LogP contribution >= 0.6 is 0 Å². The van der Waals surface area contributed by atoms with Gasteiger partial charge in [-0.25, -0.2) is 0 Å². The number of rotatable bonds is 2. The molecule has 30 heavy (non-hydrogen) atoms. The van der Waals surface area contributed by atoms with E-state index in [2.05, 4.69) is 75.4 Å². The van der Waals surface area contributed by atoms with E-state index >= 15 is 0 Å². The number of aryl methyl sites for hydroxylation is 1. The summed E-state index contributed by atoms with van der Waals surface area (Å²) in [5, 5.41) is 0. The molecule has 2 fully saturated rings. The van der Waals surface area contributed by atoms with Crippen LogP contribution in [-0.2, 0) is 9.47 Å². The van der Waals surface area contributed by atoms with Crippen molar-refractivity contribution in [3.8, 4) is 0 Å². The SMILES string of the molecule is Cc1ccc([C@H]2OC[C@H]3C(C)(C)O[C@@H]4C5=C(CCCC5)[C@@H](c5ccccc5)[C@]423)cc1. The van der Waals surface area contributed by atoms with Crippen LogP contribution in [0.3, 0.4) is 0 Å². The van der Waals surface area contributed by atoms with Gasteiger partial charge in [-0.05, 0) is 63.2 Å². The Bertz CT molecular complexity index is 987. The van der Waals surface area contributed by atoms with Crippen molar-refractivity contribution in [2.75, 3.05) is 6.61 Å². The second kappa shape index (κ2) is 6.55. The molecule has 2 heteroatoms. The molecule has 0 aromatic heterocycles. The van der Waals surface area contributed by atoms with Crippen LogP contribution < -0.4 is 0 Å². The normalized spacial score (nSPS) is 36.5. The summed E-state index contributed by atoms with van der Waals surface area (Å²) >= 11 is 0. The minimum absolute atomic E-state index is 0.0465. The molecule has 5 atom stereocenters. The fourth-order valence-electron chi connectivity index (χ4n) is 7.30. The van der Waals surface area contributed by atoms with Gasteiger partial charge in [0.05, 0.1) is 24.4 Å². The van der Waals surface area contributed by atoms with Gasteiger partial charge in [0.25, 0.3) is 0 Å². The number of fused-ring (bicyclic) bond motifs is 1. The summed E-state index contributed by atoms with van der Waals surface area (Å²) in [5.74, 6) is 0.775. The quantitative estimate of drug-likeness (QED) is 0.535. The molecule has 2 aromatic rings. The zero-order valence-corrected chi connectivity index (χ0v) is 18.4. The van der Waals surface area contributed by atoms with E-state index in [1.807, 2.05) is 0 Å². The third kappa shape index (κ3) is 2.38. The molecule has 4 aliphatic rings. The van der Waals surface area contributed by atoms with Crippen molar-refractivity contribution >= 4 is 0 Å². The molecule has 0 radical (unpaired) electrons. The molecular weight excluding hydrogens is 368 g/mol. The highest BCUT2D eigenvalue weighted by atomic mass is 16.5. The third-order valence-electron chi connectivity index (χ3n) is 8.43. The molecule has 2 aliphatic carbocycles. The van der Waals surface area contributed by atoms with Crippen molar-refractivity contribution in [3.63, 3.8) is 0 Å². The van der Waals surface area contributed by atoms with E-state index in [-0.39, 0.29) is 23.2 Å². The van der Waals surface area contributed by atoms with Crippen molar-refractivity contribution in [1.82, 2.24) is 0 Å². The Balaban J connectivity index is 1.60. The van der Waals surface area contributed by atoms with Crippen LogP contribution in [0.4, 0.5) is 0 Å². The average Bonchev–Trinajstić information content (AvgIpc) is 3.34. The molecule has 156 valence electrons. The minimum Gasteiger partial charge on any atom is -0.372 e. The van der Waals surface area contributed by atoms with Crippen molar-refractivity contribution in [1.29, 1.82) is 0 Å². The second-order valence-corrected chi connectivity index (χ2v) is 10.4. The first-order chi connectivity index (χ1) is 14.5. The molecule has 2 heterocycles. The first-order valence-electron chi connectivity index (χ1n) is 11.7. The molecule has 0 saturated carbocycles. The Labute approximate surface area is 180 Å². The van der Waals surface area contributed by atoms with Crippen molar-refractivity contribution in [2.24, 2.45) is 11.3 Å².